The SMILES string of the molecule is COc1ccc(C(=O)N[C@@H]2CCC[C@@H]2NC(=O)c2ccc(-n3ccccc3=O)cc2)cc1. The van der Waals surface area contributed by atoms with Crippen molar-refractivity contribution in [3.63, 3.8) is 0 Å². The highest BCUT2D eigenvalue weighted by Gasteiger charge is 2.30. The number of hydrogen-bond acceptors (Lipinski definition) is 4. The monoisotopic (exact) mass is 431 g/mol. The summed E-state index contributed by atoms with van der Waals surface area (Å²) in [5.41, 5.74) is 1.61. The van der Waals surface area contributed by atoms with E-state index in [0.29, 0.717) is 22.6 Å². The molecule has 0 saturated heterocycles. The molecule has 1 fully saturated rings. The summed E-state index contributed by atoms with van der Waals surface area (Å²) >= 11 is 0. The molecule has 2 amide bonds. The van der Waals surface area contributed by atoms with Crippen molar-refractivity contribution in [2.45, 2.75) is 31.3 Å². The topological polar surface area (TPSA) is 89.4 Å². The Bertz CT molecular complexity index is 1150. The van der Waals surface area contributed by atoms with Crippen molar-refractivity contribution in [1.29, 1.82) is 0 Å². The summed E-state index contributed by atoms with van der Waals surface area (Å²) in [6, 6.07) is 18.5. The van der Waals surface area contributed by atoms with Crippen molar-refractivity contribution in [3.8, 4) is 11.4 Å². The van der Waals surface area contributed by atoms with Gasteiger partial charge in [-0.25, -0.2) is 0 Å². The van der Waals surface area contributed by atoms with Crippen LogP contribution in [0.4, 0.5) is 0 Å². The fourth-order valence-corrected chi connectivity index (χ4v) is 3.97. The number of amides is 2. The average molecular weight is 431 g/mol. The molecule has 1 heterocycles. The fourth-order valence-electron chi connectivity index (χ4n) is 3.97. The number of carbonyl (C=O) groups is 2. The predicted octanol–water partition coefficient (Wildman–Crippen LogP) is 2.93. The summed E-state index contributed by atoms with van der Waals surface area (Å²) in [6.45, 7) is 0. The molecule has 0 aliphatic heterocycles. The lowest BCUT2D eigenvalue weighted by Gasteiger charge is -2.22. The molecule has 7 heteroatoms. The summed E-state index contributed by atoms with van der Waals surface area (Å²) in [4.78, 5) is 37.4. The van der Waals surface area contributed by atoms with Crippen molar-refractivity contribution in [2.24, 2.45) is 0 Å². The molecule has 2 atom stereocenters. The summed E-state index contributed by atoms with van der Waals surface area (Å²) in [6.07, 6.45) is 4.22. The Balaban J connectivity index is 1.39. The maximum absolute atomic E-state index is 12.8. The van der Waals surface area contributed by atoms with E-state index in [4.69, 9.17) is 4.74 Å². The Labute approximate surface area is 186 Å². The van der Waals surface area contributed by atoms with Gasteiger partial charge in [-0.1, -0.05) is 6.07 Å². The molecule has 0 bridgehead atoms. The third kappa shape index (κ3) is 4.72. The normalized spacial score (nSPS) is 17.5. The van der Waals surface area contributed by atoms with Gasteiger partial charge in [-0.15, -0.1) is 0 Å². The maximum Gasteiger partial charge on any atom is 0.255 e. The number of nitrogens with zero attached hydrogens (tertiary/aromatic N) is 1. The predicted molar refractivity (Wildman–Crippen MR) is 121 cm³/mol. The first-order valence-electron chi connectivity index (χ1n) is 10.6. The first-order valence-corrected chi connectivity index (χ1v) is 10.6. The van der Waals surface area contributed by atoms with E-state index >= 15 is 0 Å². The zero-order valence-electron chi connectivity index (χ0n) is 17.8. The molecule has 1 aliphatic rings. The largest absolute Gasteiger partial charge is 0.497 e. The number of pyridine rings is 1. The average Bonchev–Trinajstić information content (AvgIpc) is 3.25. The molecule has 2 N–H and O–H groups in total. The Morgan fingerprint density at radius 2 is 1.41 bits per heavy atom. The second-order valence-electron chi connectivity index (χ2n) is 7.78. The molecule has 7 nitrogen and oxygen atoms in total. The number of nitrogens with one attached hydrogen (secondary N) is 2. The third-order valence-corrected chi connectivity index (χ3v) is 5.73. The van der Waals surface area contributed by atoms with Gasteiger partial charge in [0.05, 0.1) is 7.11 Å². The second-order valence-corrected chi connectivity index (χ2v) is 7.78. The molecular weight excluding hydrogens is 406 g/mol. The molecule has 0 unspecified atom stereocenters. The number of rotatable bonds is 6. The number of aromatic nitrogens is 1. The van der Waals surface area contributed by atoms with E-state index in [1.54, 1.807) is 74.0 Å². The van der Waals surface area contributed by atoms with Crippen molar-refractivity contribution < 1.29 is 14.3 Å². The van der Waals surface area contributed by atoms with Gasteiger partial charge in [-0.3, -0.25) is 19.0 Å². The Morgan fingerprint density at radius 3 is 1.94 bits per heavy atom. The van der Waals surface area contributed by atoms with Crippen molar-refractivity contribution in [2.75, 3.05) is 7.11 Å². The molecule has 4 rings (SSSR count). The van der Waals surface area contributed by atoms with Crippen LogP contribution in [-0.2, 0) is 0 Å². The van der Waals surface area contributed by atoms with Crippen LogP contribution in [-0.4, -0.2) is 35.6 Å². The standard InChI is InChI=1S/C25H25N3O4/c1-32-20-14-10-18(11-15-20)25(31)27-22-6-4-5-21(22)26-24(30)17-8-12-19(13-9-17)28-16-3-2-7-23(28)29/h2-3,7-16,21-22H,4-6H2,1H3,(H,26,30)(H,27,31)/t21-,22+/m0/s1. The molecule has 2 aromatic carbocycles. The lowest BCUT2D eigenvalue weighted by atomic mass is 10.1. The van der Waals surface area contributed by atoms with Crippen LogP contribution in [0.25, 0.3) is 5.69 Å². The quantitative estimate of drug-likeness (QED) is 0.628. The van der Waals surface area contributed by atoms with E-state index in [2.05, 4.69) is 10.6 Å². The van der Waals surface area contributed by atoms with Gasteiger partial charge in [0.2, 0.25) is 0 Å². The first kappa shape index (κ1) is 21.4. The molecule has 1 aliphatic carbocycles. The number of ether oxygens (including phenoxy) is 1. The van der Waals surface area contributed by atoms with Crippen LogP contribution in [0.5, 0.6) is 5.75 Å². The molecule has 0 spiro atoms. The third-order valence-electron chi connectivity index (χ3n) is 5.73. The molecule has 1 saturated carbocycles. The van der Waals surface area contributed by atoms with Crippen molar-refractivity contribution >= 4 is 11.8 Å². The van der Waals surface area contributed by atoms with Crippen molar-refractivity contribution in [3.05, 3.63) is 94.4 Å². The lowest BCUT2D eigenvalue weighted by Crippen LogP contribution is -2.48. The number of methoxy groups -OCH3 is 1. The highest BCUT2D eigenvalue weighted by atomic mass is 16.5. The van der Waals surface area contributed by atoms with E-state index in [1.807, 2.05) is 0 Å². The van der Waals surface area contributed by atoms with E-state index in [9.17, 15) is 14.4 Å². The fraction of sp³-hybridized carbons (Fsp3) is 0.240. The highest BCUT2D eigenvalue weighted by Crippen LogP contribution is 2.21. The smallest absolute Gasteiger partial charge is 0.255 e. The van der Waals surface area contributed by atoms with E-state index < -0.39 is 0 Å². The highest BCUT2D eigenvalue weighted by molar-refractivity contribution is 5.95. The zero-order chi connectivity index (χ0) is 22.5. The summed E-state index contributed by atoms with van der Waals surface area (Å²) in [7, 11) is 1.58. The van der Waals surface area contributed by atoms with Crippen LogP contribution in [0.2, 0.25) is 0 Å². The minimum atomic E-state index is -0.201. The molecule has 32 heavy (non-hydrogen) atoms. The minimum absolute atomic E-state index is 0.129. The number of hydrogen-bond donors (Lipinski definition) is 2. The molecular formula is C25H25N3O4. The maximum atomic E-state index is 12.8. The Hall–Kier alpha value is -3.87. The molecule has 3 aromatic rings. The summed E-state index contributed by atoms with van der Waals surface area (Å²) < 4.78 is 6.64. The van der Waals surface area contributed by atoms with Gasteiger partial charge in [0.1, 0.15) is 5.75 Å². The van der Waals surface area contributed by atoms with Crippen LogP contribution >= 0.6 is 0 Å². The van der Waals surface area contributed by atoms with Gasteiger partial charge >= 0.3 is 0 Å². The van der Waals surface area contributed by atoms with Gasteiger partial charge in [0, 0.05) is 41.2 Å². The van der Waals surface area contributed by atoms with Crippen LogP contribution in [0, 0.1) is 0 Å². The van der Waals surface area contributed by atoms with Crippen LogP contribution in [0.1, 0.15) is 40.0 Å². The summed E-state index contributed by atoms with van der Waals surface area (Å²) in [5.74, 6) is 0.319. The van der Waals surface area contributed by atoms with Crippen LogP contribution in [0.15, 0.2) is 77.7 Å². The molecule has 0 radical (unpaired) electrons. The van der Waals surface area contributed by atoms with Gasteiger partial charge < -0.3 is 15.4 Å². The summed E-state index contributed by atoms with van der Waals surface area (Å²) in [5, 5.41) is 6.09. The van der Waals surface area contributed by atoms with Gasteiger partial charge in [0.15, 0.2) is 0 Å². The van der Waals surface area contributed by atoms with Crippen molar-refractivity contribution in [1.82, 2.24) is 15.2 Å². The van der Waals surface area contributed by atoms with E-state index in [0.717, 1.165) is 19.3 Å². The minimum Gasteiger partial charge on any atom is -0.497 e. The van der Waals surface area contributed by atoms with Gasteiger partial charge in [-0.05, 0) is 73.9 Å². The van der Waals surface area contributed by atoms with Gasteiger partial charge in [-0.2, -0.15) is 0 Å². The lowest BCUT2D eigenvalue weighted by molar-refractivity contribution is 0.0892. The van der Waals surface area contributed by atoms with Crippen LogP contribution in [0.3, 0.4) is 0 Å². The van der Waals surface area contributed by atoms with Gasteiger partial charge in [0.25, 0.3) is 17.4 Å². The number of benzene rings is 2. The van der Waals surface area contributed by atoms with Crippen LogP contribution < -0.4 is 20.9 Å². The molecule has 164 valence electrons. The zero-order valence-corrected chi connectivity index (χ0v) is 17.8. The first-order chi connectivity index (χ1) is 15.5. The Kier molecular flexibility index (Phi) is 6.35. The second kappa shape index (κ2) is 9.51. The van der Waals surface area contributed by atoms with E-state index in [-0.39, 0.29) is 29.5 Å². The molecule has 1 aromatic heterocycles. The Morgan fingerprint density at radius 1 is 0.844 bits per heavy atom. The van der Waals surface area contributed by atoms with E-state index in [1.165, 1.54) is 10.6 Å². The number of carbonyl (C=O) groups excluding carboxylic acids is 2.